The molecule has 2 rings (SSSR count). The van der Waals surface area contributed by atoms with Gasteiger partial charge in [0.05, 0.1) is 5.75 Å². The van der Waals surface area contributed by atoms with Gasteiger partial charge in [0.25, 0.3) is 0 Å². The van der Waals surface area contributed by atoms with Gasteiger partial charge in [-0.2, -0.15) is 0 Å². The Hall–Kier alpha value is -0.980. The molecule has 1 aliphatic rings. The van der Waals surface area contributed by atoms with Crippen LogP contribution in [-0.2, 0) is 16.4 Å². The van der Waals surface area contributed by atoms with E-state index in [0.717, 1.165) is 18.4 Å². The fourth-order valence-corrected chi connectivity index (χ4v) is 3.87. The lowest BCUT2D eigenvalue weighted by Crippen LogP contribution is -2.41. The van der Waals surface area contributed by atoms with Crippen LogP contribution in [0.3, 0.4) is 0 Å². The van der Waals surface area contributed by atoms with Gasteiger partial charge < -0.3 is 5.73 Å². The van der Waals surface area contributed by atoms with E-state index >= 15 is 0 Å². The van der Waals surface area contributed by atoms with E-state index in [2.05, 4.69) is 4.98 Å². The number of piperidine rings is 1. The molecular weight excluding hydrogens is 262 g/mol. The molecule has 19 heavy (non-hydrogen) atoms. The molecule has 2 N–H and O–H groups in total. The Labute approximate surface area is 114 Å². The zero-order valence-corrected chi connectivity index (χ0v) is 11.8. The number of nitrogens with zero attached hydrogens (tertiary/aromatic N) is 2. The maximum absolute atomic E-state index is 12.2. The quantitative estimate of drug-likeness (QED) is 0.859. The molecule has 0 bridgehead atoms. The van der Waals surface area contributed by atoms with Crippen LogP contribution < -0.4 is 5.73 Å². The van der Waals surface area contributed by atoms with Crippen LogP contribution >= 0.6 is 0 Å². The maximum Gasteiger partial charge on any atom is 0.214 e. The highest BCUT2D eigenvalue weighted by Gasteiger charge is 2.26. The zero-order valence-electron chi connectivity index (χ0n) is 11.0. The molecular formula is C13H21N3O2S. The van der Waals surface area contributed by atoms with Crippen LogP contribution in [0, 0.1) is 5.92 Å². The minimum absolute atomic E-state index is 0.171. The van der Waals surface area contributed by atoms with Crippen LogP contribution in [0.5, 0.6) is 0 Å². The highest BCUT2D eigenvalue weighted by molar-refractivity contribution is 7.89. The summed E-state index contributed by atoms with van der Waals surface area (Å²) in [7, 11) is -3.14. The SMILES string of the molecule is NCC1CCN(S(=O)(=O)CCc2ccncc2)CC1. The average Bonchev–Trinajstić information content (AvgIpc) is 2.46. The van der Waals surface area contributed by atoms with E-state index in [1.54, 1.807) is 16.7 Å². The summed E-state index contributed by atoms with van der Waals surface area (Å²) in [5, 5.41) is 0. The topological polar surface area (TPSA) is 76.3 Å². The van der Waals surface area contributed by atoms with Gasteiger partial charge in [0.15, 0.2) is 0 Å². The number of rotatable bonds is 5. The molecule has 0 saturated carbocycles. The largest absolute Gasteiger partial charge is 0.330 e. The summed E-state index contributed by atoms with van der Waals surface area (Å²) in [5.74, 6) is 0.649. The van der Waals surface area contributed by atoms with Crippen molar-refractivity contribution in [3.05, 3.63) is 30.1 Å². The van der Waals surface area contributed by atoms with Crippen molar-refractivity contribution >= 4 is 10.0 Å². The zero-order chi connectivity index (χ0) is 13.7. The van der Waals surface area contributed by atoms with Crippen molar-refractivity contribution in [2.45, 2.75) is 19.3 Å². The number of aryl methyl sites for hydroxylation is 1. The Bertz CT molecular complexity index is 482. The van der Waals surface area contributed by atoms with Gasteiger partial charge in [-0.1, -0.05) is 0 Å². The van der Waals surface area contributed by atoms with Crippen LogP contribution in [0.15, 0.2) is 24.5 Å². The van der Waals surface area contributed by atoms with Crippen LogP contribution in [0.1, 0.15) is 18.4 Å². The molecule has 0 aromatic carbocycles. The van der Waals surface area contributed by atoms with Crippen LogP contribution in [0.25, 0.3) is 0 Å². The highest BCUT2D eigenvalue weighted by atomic mass is 32.2. The Morgan fingerprint density at radius 1 is 1.26 bits per heavy atom. The van der Waals surface area contributed by atoms with Gasteiger partial charge in [-0.05, 0) is 49.4 Å². The molecule has 0 amide bonds. The lowest BCUT2D eigenvalue weighted by Gasteiger charge is -2.30. The molecule has 0 unspecified atom stereocenters. The monoisotopic (exact) mass is 283 g/mol. The van der Waals surface area contributed by atoms with E-state index in [1.807, 2.05) is 12.1 Å². The Kier molecular flexibility index (Phi) is 4.90. The molecule has 2 heterocycles. The molecule has 1 saturated heterocycles. The van der Waals surface area contributed by atoms with E-state index in [9.17, 15) is 8.42 Å². The second-order valence-corrected chi connectivity index (χ2v) is 7.09. The van der Waals surface area contributed by atoms with Crippen LogP contribution in [0.4, 0.5) is 0 Å². The first-order chi connectivity index (χ1) is 9.12. The van der Waals surface area contributed by atoms with E-state index in [1.165, 1.54) is 0 Å². The molecule has 1 aromatic rings. The van der Waals surface area contributed by atoms with Crippen molar-refractivity contribution in [3.63, 3.8) is 0 Å². The summed E-state index contributed by atoms with van der Waals surface area (Å²) in [6.07, 6.45) is 5.68. The summed E-state index contributed by atoms with van der Waals surface area (Å²) in [4.78, 5) is 3.93. The smallest absolute Gasteiger partial charge is 0.214 e. The van der Waals surface area contributed by atoms with Gasteiger partial charge in [0.1, 0.15) is 0 Å². The number of pyridine rings is 1. The van der Waals surface area contributed by atoms with Crippen LogP contribution in [-0.4, -0.2) is 43.1 Å². The summed E-state index contributed by atoms with van der Waals surface area (Å²) in [6.45, 7) is 1.88. The average molecular weight is 283 g/mol. The number of hydrogen-bond acceptors (Lipinski definition) is 4. The van der Waals surface area contributed by atoms with E-state index in [-0.39, 0.29) is 5.75 Å². The van der Waals surface area contributed by atoms with Crippen molar-refractivity contribution in [1.82, 2.24) is 9.29 Å². The van der Waals surface area contributed by atoms with Crippen molar-refractivity contribution < 1.29 is 8.42 Å². The standard InChI is InChI=1S/C13H21N3O2S/c14-11-13-3-8-16(9-4-13)19(17,18)10-5-12-1-6-15-7-2-12/h1-2,6-7,13H,3-5,8-11,14H2. The normalized spacial score (nSPS) is 18.6. The summed E-state index contributed by atoms with van der Waals surface area (Å²) in [6, 6.07) is 3.71. The molecule has 0 radical (unpaired) electrons. The van der Waals surface area contributed by atoms with Gasteiger partial charge in [0, 0.05) is 25.5 Å². The lowest BCUT2D eigenvalue weighted by atomic mass is 9.99. The Morgan fingerprint density at radius 2 is 1.89 bits per heavy atom. The van der Waals surface area contributed by atoms with Gasteiger partial charge in [-0.15, -0.1) is 0 Å². The molecule has 0 atom stereocenters. The number of nitrogens with two attached hydrogens (primary N) is 1. The van der Waals surface area contributed by atoms with E-state index < -0.39 is 10.0 Å². The molecule has 5 nitrogen and oxygen atoms in total. The molecule has 1 aliphatic heterocycles. The fraction of sp³-hybridized carbons (Fsp3) is 0.615. The number of hydrogen-bond donors (Lipinski definition) is 1. The maximum atomic E-state index is 12.2. The van der Waals surface area contributed by atoms with Crippen LogP contribution in [0.2, 0.25) is 0 Å². The summed E-state index contributed by atoms with van der Waals surface area (Å²) < 4.78 is 26.1. The van der Waals surface area contributed by atoms with E-state index in [4.69, 9.17) is 5.73 Å². The molecule has 0 spiro atoms. The van der Waals surface area contributed by atoms with Gasteiger partial charge in [-0.25, -0.2) is 12.7 Å². The molecule has 0 aliphatic carbocycles. The first kappa shape index (κ1) is 14.4. The van der Waals surface area contributed by atoms with Gasteiger partial charge in [0.2, 0.25) is 10.0 Å². The van der Waals surface area contributed by atoms with Crippen molar-refractivity contribution in [3.8, 4) is 0 Å². The van der Waals surface area contributed by atoms with E-state index in [0.29, 0.717) is 32.0 Å². The number of aromatic nitrogens is 1. The highest BCUT2D eigenvalue weighted by Crippen LogP contribution is 2.19. The summed E-state index contributed by atoms with van der Waals surface area (Å²) >= 11 is 0. The minimum atomic E-state index is -3.14. The van der Waals surface area contributed by atoms with Gasteiger partial charge >= 0.3 is 0 Å². The van der Waals surface area contributed by atoms with Crippen molar-refractivity contribution in [2.24, 2.45) is 11.7 Å². The molecule has 6 heteroatoms. The molecule has 1 fully saturated rings. The van der Waals surface area contributed by atoms with Gasteiger partial charge in [-0.3, -0.25) is 4.98 Å². The predicted molar refractivity (Wildman–Crippen MR) is 75.1 cm³/mol. The number of sulfonamides is 1. The van der Waals surface area contributed by atoms with Crippen molar-refractivity contribution in [1.29, 1.82) is 0 Å². The molecule has 106 valence electrons. The lowest BCUT2D eigenvalue weighted by molar-refractivity contribution is 0.278. The second kappa shape index (κ2) is 6.45. The Balaban J connectivity index is 1.89. The first-order valence-electron chi connectivity index (χ1n) is 6.68. The van der Waals surface area contributed by atoms with Crippen molar-refractivity contribution in [2.75, 3.05) is 25.4 Å². The summed E-state index contributed by atoms with van der Waals surface area (Å²) in [5.41, 5.74) is 6.63. The Morgan fingerprint density at radius 3 is 2.47 bits per heavy atom. The minimum Gasteiger partial charge on any atom is -0.330 e. The third-order valence-corrected chi connectivity index (χ3v) is 5.57. The third kappa shape index (κ3) is 3.99. The fourth-order valence-electron chi connectivity index (χ4n) is 2.35. The molecule has 1 aromatic heterocycles. The third-order valence-electron chi connectivity index (χ3n) is 3.70. The second-order valence-electron chi connectivity index (χ2n) is 5.00. The first-order valence-corrected chi connectivity index (χ1v) is 8.29. The predicted octanol–water partition coefficient (Wildman–Crippen LogP) is 0.625.